The van der Waals surface area contributed by atoms with Gasteiger partial charge in [0, 0.05) is 11.7 Å². The molecule has 0 atom stereocenters. The lowest BCUT2D eigenvalue weighted by atomic mass is 9.93. The summed E-state index contributed by atoms with van der Waals surface area (Å²) >= 11 is 0. The summed E-state index contributed by atoms with van der Waals surface area (Å²) in [5.41, 5.74) is 2.46. The van der Waals surface area contributed by atoms with Gasteiger partial charge >= 0.3 is 0 Å². The van der Waals surface area contributed by atoms with Crippen molar-refractivity contribution in [2.75, 3.05) is 5.32 Å². The second-order valence-electron chi connectivity index (χ2n) is 4.57. The van der Waals surface area contributed by atoms with Crippen LogP contribution in [0.2, 0.25) is 0 Å². The highest BCUT2D eigenvalue weighted by atomic mass is 15.3. The molecule has 0 amide bonds. The minimum absolute atomic E-state index is 0.677. The minimum Gasteiger partial charge on any atom is -0.382 e. The predicted octanol–water partition coefficient (Wildman–Crippen LogP) is 2.29. The first-order valence-electron chi connectivity index (χ1n) is 6.08. The van der Waals surface area contributed by atoms with Crippen molar-refractivity contribution >= 4 is 5.69 Å². The third-order valence-electron chi connectivity index (χ3n) is 3.21. The quantitative estimate of drug-likeness (QED) is 0.873. The van der Waals surface area contributed by atoms with Crippen LogP contribution in [-0.2, 0) is 6.54 Å². The highest BCUT2D eigenvalue weighted by Crippen LogP contribution is 2.23. The van der Waals surface area contributed by atoms with Gasteiger partial charge in [-0.3, -0.25) is 0 Å². The molecule has 1 N–H and O–H groups in total. The molecule has 4 nitrogen and oxygen atoms in total. The Morgan fingerprint density at radius 1 is 1.35 bits per heavy atom. The molecule has 0 aliphatic heterocycles. The summed E-state index contributed by atoms with van der Waals surface area (Å²) in [5.74, 6) is 0. The lowest BCUT2D eigenvalue weighted by Gasteiger charge is -2.27. The number of anilines is 1. The van der Waals surface area contributed by atoms with Crippen LogP contribution in [0.5, 0.6) is 0 Å². The van der Waals surface area contributed by atoms with Crippen molar-refractivity contribution in [3.8, 4) is 0 Å². The lowest BCUT2D eigenvalue weighted by molar-refractivity contribution is 0.445. The molecule has 2 aromatic rings. The smallest absolute Gasteiger partial charge is 0.137 e. The molecule has 0 radical (unpaired) electrons. The monoisotopic (exact) mass is 228 g/mol. The zero-order valence-electron chi connectivity index (χ0n) is 9.71. The van der Waals surface area contributed by atoms with Gasteiger partial charge in [-0.25, -0.2) is 9.67 Å². The van der Waals surface area contributed by atoms with Crippen LogP contribution in [0.25, 0.3) is 0 Å². The van der Waals surface area contributed by atoms with Crippen LogP contribution >= 0.6 is 0 Å². The third-order valence-corrected chi connectivity index (χ3v) is 3.21. The highest BCUT2D eigenvalue weighted by Gasteiger charge is 2.16. The van der Waals surface area contributed by atoms with Gasteiger partial charge in [-0.1, -0.05) is 12.1 Å². The van der Waals surface area contributed by atoms with E-state index in [0.29, 0.717) is 6.04 Å². The second kappa shape index (κ2) is 4.57. The summed E-state index contributed by atoms with van der Waals surface area (Å²) in [4.78, 5) is 3.95. The summed E-state index contributed by atoms with van der Waals surface area (Å²) in [5, 5.41) is 7.67. The normalized spacial score (nSPS) is 15.5. The topological polar surface area (TPSA) is 42.7 Å². The number of nitrogens with zero attached hydrogens (tertiary/aromatic N) is 3. The fourth-order valence-corrected chi connectivity index (χ4v) is 2.05. The summed E-state index contributed by atoms with van der Waals surface area (Å²) in [7, 11) is 0. The van der Waals surface area contributed by atoms with Crippen LogP contribution in [0.3, 0.4) is 0 Å². The Bertz CT molecular complexity index is 474. The molecule has 1 saturated carbocycles. The van der Waals surface area contributed by atoms with Crippen LogP contribution < -0.4 is 5.32 Å². The largest absolute Gasteiger partial charge is 0.382 e. The standard InChI is InChI=1S/C13H16N4/c1-3-11(8-17-10-14-9-15-17)7-13(6-1)16-12-4-2-5-12/h1,3,6-7,9-10,12,16H,2,4-5,8H2. The van der Waals surface area contributed by atoms with Gasteiger partial charge < -0.3 is 5.32 Å². The van der Waals surface area contributed by atoms with E-state index >= 15 is 0 Å². The molecule has 17 heavy (non-hydrogen) atoms. The van der Waals surface area contributed by atoms with Crippen molar-refractivity contribution in [3.05, 3.63) is 42.5 Å². The van der Waals surface area contributed by atoms with Gasteiger partial charge in [-0.2, -0.15) is 5.10 Å². The van der Waals surface area contributed by atoms with Crippen molar-refractivity contribution in [1.29, 1.82) is 0 Å². The molecule has 1 aliphatic carbocycles. The van der Waals surface area contributed by atoms with Gasteiger partial charge in [0.05, 0.1) is 6.54 Å². The number of rotatable bonds is 4. The number of nitrogens with one attached hydrogen (secondary N) is 1. The van der Waals surface area contributed by atoms with Crippen LogP contribution in [0.1, 0.15) is 24.8 Å². The van der Waals surface area contributed by atoms with E-state index in [1.165, 1.54) is 30.5 Å². The first-order valence-corrected chi connectivity index (χ1v) is 6.08. The first kappa shape index (κ1) is 10.3. The van der Waals surface area contributed by atoms with Crippen LogP contribution in [0.4, 0.5) is 5.69 Å². The van der Waals surface area contributed by atoms with E-state index < -0.39 is 0 Å². The van der Waals surface area contributed by atoms with E-state index in [2.05, 4.69) is 39.7 Å². The first-order chi connectivity index (χ1) is 8.40. The molecule has 0 saturated heterocycles. The van der Waals surface area contributed by atoms with Gasteiger partial charge in [-0.05, 0) is 37.0 Å². The summed E-state index contributed by atoms with van der Waals surface area (Å²) in [6.45, 7) is 0.778. The van der Waals surface area contributed by atoms with Crippen LogP contribution in [-0.4, -0.2) is 20.8 Å². The molecular weight excluding hydrogens is 212 g/mol. The molecule has 0 bridgehead atoms. The van der Waals surface area contributed by atoms with Crippen LogP contribution in [0.15, 0.2) is 36.9 Å². The zero-order valence-corrected chi connectivity index (χ0v) is 9.71. The fraction of sp³-hybridized carbons (Fsp3) is 0.385. The molecule has 1 aromatic heterocycles. The molecule has 3 rings (SSSR count). The summed E-state index contributed by atoms with van der Waals surface area (Å²) < 4.78 is 1.84. The maximum absolute atomic E-state index is 4.11. The Morgan fingerprint density at radius 3 is 3.00 bits per heavy atom. The molecule has 88 valence electrons. The predicted molar refractivity (Wildman–Crippen MR) is 66.8 cm³/mol. The Kier molecular flexibility index (Phi) is 2.78. The van der Waals surface area contributed by atoms with Crippen molar-refractivity contribution in [3.63, 3.8) is 0 Å². The van der Waals surface area contributed by atoms with E-state index in [1.807, 2.05) is 4.68 Å². The summed E-state index contributed by atoms with van der Waals surface area (Å²) in [6, 6.07) is 9.21. The van der Waals surface area contributed by atoms with Gasteiger partial charge in [0.1, 0.15) is 12.7 Å². The van der Waals surface area contributed by atoms with E-state index in [-0.39, 0.29) is 0 Å². The Hall–Kier alpha value is -1.84. The van der Waals surface area contributed by atoms with Crippen LogP contribution in [0, 0.1) is 0 Å². The third kappa shape index (κ3) is 2.46. The highest BCUT2D eigenvalue weighted by molar-refractivity contribution is 5.46. The zero-order chi connectivity index (χ0) is 11.5. The maximum Gasteiger partial charge on any atom is 0.137 e. The SMILES string of the molecule is c1cc(Cn2cncn2)cc(NC2CCC2)c1. The average Bonchev–Trinajstić information content (AvgIpc) is 2.77. The van der Waals surface area contributed by atoms with Crippen molar-refractivity contribution in [2.45, 2.75) is 31.8 Å². The molecule has 1 heterocycles. The molecular formula is C13H16N4. The minimum atomic E-state index is 0.677. The number of aromatic nitrogens is 3. The van der Waals surface area contributed by atoms with Gasteiger partial charge in [-0.15, -0.1) is 0 Å². The lowest BCUT2D eigenvalue weighted by Crippen LogP contribution is -2.26. The van der Waals surface area contributed by atoms with Crippen molar-refractivity contribution in [1.82, 2.24) is 14.8 Å². The van der Waals surface area contributed by atoms with E-state index in [0.717, 1.165) is 6.54 Å². The molecule has 1 aromatic carbocycles. The fourth-order valence-electron chi connectivity index (χ4n) is 2.05. The maximum atomic E-state index is 4.11. The Balaban J connectivity index is 1.69. The van der Waals surface area contributed by atoms with Gasteiger partial charge in [0.2, 0.25) is 0 Å². The average molecular weight is 228 g/mol. The van der Waals surface area contributed by atoms with E-state index in [4.69, 9.17) is 0 Å². The molecule has 1 fully saturated rings. The Labute approximate surface area is 101 Å². The second-order valence-corrected chi connectivity index (χ2v) is 4.57. The molecule has 0 spiro atoms. The van der Waals surface area contributed by atoms with E-state index in [1.54, 1.807) is 12.7 Å². The molecule has 4 heteroatoms. The summed E-state index contributed by atoms with van der Waals surface area (Å²) in [6.07, 6.45) is 7.26. The number of hydrogen-bond donors (Lipinski definition) is 1. The van der Waals surface area contributed by atoms with Gasteiger partial charge in [0.25, 0.3) is 0 Å². The Morgan fingerprint density at radius 2 is 2.29 bits per heavy atom. The molecule has 1 aliphatic rings. The number of benzene rings is 1. The van der Waals surface area contributed by atoms with E-state index in [9.17, 15) is 0 Å². The van der Waals surface area contributed by atoms with Crippen molar-refractivity contribution < 1.29 is 0 Å². The molecule has 0 unspecified atom stereocenters. The van der Waals surface area contributed by atoms with Gasteiger partial charge in [0.15, 0.2) is 0 Å². The number of hydrogen-bond acceptors (Lipinski definition) is 3. The van der Waals surface area contributed by atoms with Crippen molar-refractivity contribution in [2.24, 2.45) is 0 Å².